The standard InChI is InChI=1S/C41H56N8O12S/c1-4-19(2)34-40(60)44-14-32(55)45-26-10-22-9-21-7-5-6-8-25(21)36(22)62-18-23(37(57)43-15-33(56)47-34)11-29(52)35(20(3)30(53)17-50)48-39(59)28-12-24(51)16-49(28)41(61)27(13-31(42)54)46-38(26)58/h5-9,19-20,22-24,26-28,30,34-35,50-51,53H,4,10-18H2,1-3H3,(H2,42,54)(H,43,57)(H,44,60)(H,45,55)(H,46,58)(H,47,56)(H,48,59)/t19-,20-,22+,23-,24+,26-,27-,28-,30-,34-,35-/m0/s1. The maximum absolute atomic E-state index is 14.4. The van der Waals surface area contributed by atoms with E-state index in [0.29, 0.717) is 11.3 Å². The number of nitrogens with two attached hydrogens (primary N) is 1. The summed E-state index contributed by atoms with van der Waals surface area (Å²) in [5.41, 5.74) is 5.54. The van der Waals surface area contributed by atoms with Crippen LogP contribution in [0.4, 0.5) is 0 Å². The molecule has 0 unspecified atom stereocenters. The van der Waals surface area contributed by atoms with Gasteiger partial charge in [-0.3, -0.25) is 43.2 Å². The molecule has 11 N–H and O–H groups in total. The van der Waals surface area contributed by atoms with E-state index < -0.39 is 158 Å². The van der Waals surface area contributed by atoms with Gasteiger partial charge in [-0.1, -0.05) is 57.5 Å². The zero-order chi connectivity index (χ0) is 45.4. The Morgan fingerprint density at radius 3 is 2.24 bits per heavy atom. The Morgan fingerprint density at radius 1 is 0.887 bits per heavy atom. The molecule has 3 aliphatic heterocycles. The Balaban J connectivity index is 1.67. The van der Waals surface area contributed by atoms with Crippen LogP contribution in [0.2, 0.25) is 0 Å². The molecule has 338 valence electrons. The predicted molar refractivity (Wildman–Crippen MR) is 223 cm³/mol. The zero-order valence-corrected chi connectivity index (χ0v) is 35.6. The number of hydrogen-bond acceptors (Lipinski definition) is 13. The van der Waals surface area contributed by atoms with Crippen LogP contribution in [0, 0.1) is 23.7 Å². The van der Waals surface area contributed by atoms with Crippen molar-refractivity contribution in [3.05, 3.63) is 34.7 Å². The first kappa shape index (κ1) is 47.7. The number of rotatable bonds is 7. The molecular weight excluding hydrogens is 829 g/mol. The fraction of sp³-hybridized carbons (Fsp3) is 0.585. The van der Waals surface area contributed by atoms with E-state index in [2.05, 4.69) is 31.9 Å². The molecular formula is C41H56N8O12S. The van der Waals surface area contributed by atoms with E-state index >= 15 is 0 Å². The lowest BCUT2D eigenvalue weighted by molar-refractivity contribution is -0.144. The monoisotopic (exact) mass is 884 g/mol. The predicted octanol–water partition coefficient (Wildman–Crippen LogP) is -5.02. The summed E-state index contributed by atoms with van der Waals surface area (Å²) < 4.78 is 0. The van der Waals surface area contributed by atoms with Crippen LogP contribution < -0.4 is 48.1 Å². The highest BCUT2D eigenvalue weighted by Gasteiger charge is 2.45. The van der Waals surface area contributed by atoms with Crippen molar-refractivity contribution < 1.29 is 58.5 Å². The molecule has 1 aromatic rings. The molecule has 3 saturated heterocycles. The van der Waals surface area contributed by atoms with Crippen molar-refractivity contribution in [1.29, 1.82) is 0 Å². The number of benzene rings is 1. The van der Waals surface area contributed by atoms with Gasteiger partial charge in [0.15, 0.2) is 5.78 Å². The molecule has 0 aromatic heterocycles. The van der Waals surface area contributed by atoms with Crippen LogP contribution in [0.1, 0.15) is 52.9 Å². The van der Waals surface area contributed by atoms with Gasteiger partial charge in [0.1, 0.15) is 24.2 Å². The Morgan fingerprint density at radius 2 is 1.56 bits per heavy atom. The van der Waals surface area contributed by atoms with E-state index in [1.165, 1.54) is 18.7 Å². The number of aliphatic hydroxyl groups is 3. The molecule has 21 heteroatoms. The first-order chi connectivity index (χ1) is 29.4. The van der Waals surface area contributed by atoms with Crippen LogP contribution >= 0.6 is 11.8 Å². The van der Waals surface area contributed by atoms with Crippen LogP contribution in [0.3, 0.4) is 0 Å². The summed E-state index contributed by atoms with van der Waals surface area (Å²) in [4.78, 5) is 125. The van der Waals surface area contributed by atoms with Gasteiger partial charge in [0, 0.05) is 37.0 Å². The number of Topliss-reactive ketones (excluding diaryl/α,β-unsaturated/α-hetero) is 1. The first-order valence-electron chi connectivity index (χ1n) is 20.7. The average Bonchev–Trinajstić information content (AvgIpc) is 3.81. The van der Waals surface area contributed by atoms with Gasteiger partial charge >= 0.3 is 0 Å². The topological polar surface area (TPSA) is 316 Å². The highest BCUT2D eigenvalue weighted by Crippen LogP contribution is 2.34. The van der Waals surface area contributed by atoms with E-state index in [0.717, 1.165) is 15.3 Å². The number of carbonyl (C=O) groups is 9. The number of carbonyl (C=O) groups excluding carboxylic acids is 9. The summed E-state index contributed by atoms with van der Waals surface area (Å²) >= 11 is 1.19. The van der Waals surface area contributed by atoms with E-state index in [1.807, 2.05) is 18.2 Å². The van der Waals surface area contributed by atoms with Crippen molar-refractivity contribution in [2.24, 2.45) is 29.4 Å². The Hall–Kier alpha value is -5.38. The van der Waals surface area contributed by atoms with E-state index in [9.17, 15) is 58.5 Å². The molecule has 0 spiro atoms. The molecule has 0 radical (unpaired) electrons. The van der Waals surface area contributed by atoms with Crippen molar-refractivity contribution in [2.75, 3.05) is 32.0 Å². The zero-order valence-electron chi connectivity index (χ0n) is 34.8. The molecule has 3 heterocycles. The molecule has 0 saturated carbocycles. The van der Waals surface area contributed by atoms with Gasteiger partial charge in [-0.15, -0.1) is 11.8 Å². The largest absolute Gasteiger partial charge is 0.394 e. The Bertz CT molecular complexity index is 2070. The third-order valence-electron chi connectivity index (χ3n) is 11.9. The average molecular weight is 885 g/mol. The van der Waals surface area contributed by atoms with Gasteiger partial charge in [0.05, 0.1) is 50.3 Å². The molecule has 1 aliphatic carbocycles. The molecule has 11 atom stereocenters. The molecule has 4 aliphatic rings. The van der Waals surface area contributed by atoms with E-state index in [4.69, 9.17) is 5.73 Å². The number of thioether (sulfide) groups is 1. The van der Waals surface area contributed by atoms with Crippen LogP contribution in [-0.4, -0.2) is 148 Å². The summed E-state index contributed by atoms with van der Waals surface area (Å²) in [6.07, 6.45) is -2.26. The Labute approximate surface area is 361 Å². The number of fused-ring (bicyclic) bond motifs is 5. The Kier molecular flexibility index (Phi) is 16.2. The van der Waals surface area contributed by atoms with E-state index in [1.54, 1.807) is 26.0 Å². The molecule has 3 fully saturated rings. The summed E-state index contributed by atoms with van der Waals surface area (Å²) in [7, 11) is 0. The highest BCUT2D eigenvalue weighted by molar-refractivity contribution is 8.08. The highest BCUT2D eigenvalue weighted by atomic mass is 32.2. The van der Waals surface area contributed by atoms with Gasteiger partial charge in [0.25, 0.3) is 0 Å². The van der Waals surface area contributed by atoms with E-state index in [-0.39, 0.29) is 18.6 Å². The van der Waals surface area contributed by atoms with Crippen molar-refractivity contribution in [3.63, 3.8) is 0 Å². The minimum atomic E-state index is -1.70. The minimum Gasteiger partial charge on any atom is -0.394 e. The molecule has 8 amide bonds. The van der Waals surface area contributed by atoms with Crippen molar-refractivity contribution in [2.45, 2.75) is 95.3 Å². The van der Waals surface area contributed by atoms with Crippen LogP contribution in [0.5, 0.6) is 0 Å². The second-order valence-electron chi connectivity index (χ2n) is 16.3. The molecule has 1 aromatic carbocycles. The number of aliphatic hydroxyl groups excluding tert-OH is 3. The number of amides is 8. The number of primary amides is 1. The van der Waals surface area contributed by atoms with Crippen molar-refractivity contribution in [3.8, 4) is 0 Å². The molecule has 62 heavy (non-hydrogen) atoms. The number of nitrogens with one attached hydrogen (secondary N) is 6. The van der Waals surface area contributed by atoms with Gasteiger partial charge < -0.3 is 57.9 Å². The van der Waals surface area contributed by atoms with Gasteiger partial charge in [0.2, 0.25) is 47.3 Å². The van der Waals surface area contributed by atoms with Crippen LogP contribution in [0.25, 0.3) is 11.0 Å². The van der Waals surface area contributed by atoms with Crippen LogP contribution in [-0.2, 0) is 43.2 Å². The van der Waals surface area contributed by atoms with Gasteiger partial charge in [-0.05, 0) is 27.7 Å². The normalized spacial score (nSPS) is 29.8. The fourth-order valence-electron chi connectivity index (χ4n) is 8.08. The lowest BCUT2D eigenvalue weighted by Gasteiger charge is -2.33. The fourth-order valence-corrected chi connectivity index (χ4v) is 9.44. The van der Waals surface area contributed by atoms with Gasteiger partial charge in [-0.2, -0.15) is 0 Å². The maximum Gasteiger partial charge on any atom is 0.246 e. The third-order valence-corrected chi connectivity index (χ3v) is 13.3. The summed E-state index contributed by atoms with van der Waals surface area (Å²) in [6, 6.07) is -0.0545. The summed E-state index contributed by atoms with van der Waals surface area (Å²) in [6.45, 7) is 2.44. The number of nitrogens with zero attached hydrogens (tertiary/aromatic N) is 1. The number of ketones is 1. The maximum atomic E-state index is 14.4. The molecule has 5 rings (SSSR count). The third kappa shape index (κ3) is 11.5. The summed E-state index contributed by atoms with van der Waals surface area (Å²) in [5.74, 6) is -11.1. The number of hydrogen-bond donors (Lipinski definition) is 10. The lowest BCUT2D eigenvalue weighted by atomic mass is 9.88. The summed E-state index contributed by atoms with van der Waals surface area (Å²) in [5, 5.41) is 48.2. The minimum absolute atomic E-state index is 0.0797. The molecule has 2 bridgehead atoms. The smallest absolute Gasteiger partial charge is 0.246 e. The quantitative estimate of drug-likeness (QED) is 0.123. The first-order valence-corrected chi connectivity index (χ1v) is 21.7. The second kappa shape index (κ2) is 21.1. The van der Waals surface area contributed by atoms with Crippen LogP contribution in [0.15, 0.2) is 24.3 Å². The second-order valence-corrected chi connectivity index (χ2v) is 17.4. The van der Waals surface area contributed by atoms with Crippen molar-refractivity contribution in [1.82, 2.24) is 36.8 Å². The van der Waals surface area contributed by atoms with Crippen molar-refractivity contribution >= 4 is 75.8 Å². The lowest BCUT2D eigenvalue weighted by Crippen LogP contribution is -2.59. The SMILES string of the molecule is CC[C@H](C)[C@@H]1NC(=O)CNC(=O)[C@@H]2CSC3=c4ccccc4=C[C@@H]3C[C@H](NC(=O)CNC1=O)C(=O)N[C@@H](CC(N)=O)C(=O)N1C[C@H](O)C[C@H]1C(=O)N[C@@H]([C@@H](C)[C@@H](O)CO)C(=O)C2. The molecule has 20 nitrogen and oxygen atoms in total. The van der Waals surface area contributed by atoms with Gasteiger partial charge in [-0.25, -0.2) is 0 Å².